The number of carbonyl (C=O) groups excluding carboxylic acids is 1. The molecule has 0 radical (unpaired) electrons. The van der Waals surface area contributed by atoms with Gasteiger partial charge in [-0.2, -0.15) is 0 Å². The molecule has 2 N–H and O–H groups in total. The summed E-state index contributed by atoms with van der Waals surface area (Å²) in [5, 5.41) is 5.84. The Morgan fingerprint density at radius 1 is 1.40 bits per heavy atom. The average Bonchev–Trinajstić information content (AvgIpc) is 2.65. The number of nitrogens with one attached hydrogen (secondary N) is 2. The van der Waals surface area contributed by atoms with Crippen LogP contribution in [0.2, 0.25) is 0 Å². The number of rotatable bonds is 2. The first kappa shape index (κ1) is 10.7. The van der Waals surface area contributed by atoms with Crippen molar-refractivity contribution in [2.45, 2.75) is 44.7 Å². The van der Waals surface area contributed by atoms with Gasteiger partial charge in [-0.1, -0.05) is 0 Å². The lowest BCUT2D eigenvalue weighted by Gasteiger charge is -2.35. The number of nitrogens with zero attached hydrogens (tertiary/aromatic N) is 1. The number of amides is 2. The average molecular weight is 211 g/mol. The predicted octanol–water partition coefficient (Wildman–Crippen LogP) is 0.932. The maximum atomic E-state index is 11.4. The molecule has 2 fully saturated rings. The zero-order chi connectivity index (χ0) is 10.7. The monoisotopic (exact) mass is 211 g/mol. The third-order valence-corrected chi connectivity index (χ3v) is 3.49. The van der Waals surface area contributed by atoms with Crippen molar-refractivity contribution < 1.29 is 4.79 Å². The van der Waals surface area contributed by atoms with Gasteiger partial charge in [0.1, 0.15) is 0 Å². The molecule has 0 spiro atoms. The summed E-state index contributed by atoms with van der Waals surface area (Å²) < 4.78 is 0. The van der Waals surface area contributed by atoms with Gasteiger partial charge in [0, 0.05) is 25.2 Å². The van der Waals surface area contributed by atoms with E-state index in [0.29, 0.717) is 12.6 Å². The van der Waals surface area contributed by atoms with Gasteiger partial charge in [-0.25, -0.2) is 4.79 Å². The van der Waals surface area contributed by atoms with Crippen LogP contribution in [0, 0.1) is 0 Å². The Kier molecular flexibility index (Phi) is 3.46. The van der Waals surface area contributed by atoms with Gasteiger partial charge in [0.2, 0.25) is 0 Å². The minimum Gasteiger partial charge on any atom is -0.338 e. The van der Waals surface area contributed by atoms with Crippen LogP contribution in [0.4, 0.5) is 4.79 Å². The van der Waals surface area contributed by atoms with Crippen LogP contribution in [-0.4, -0.2) is 42.6 Å². The van der Waals surface area contributed by atoms with E-state index in [-0.39, 0.29) is 6.03 Å². The van der Waals surface area contributed by atoms with Crippen molar-refractivity contribution >= 4 is 6.03 Å². The highest BCUT2D eigenvalue weighted by Gasteiger charge is 2.31. The molecule has 2 atom stereocenters. The molecule has 0 aromatic heterocycles. The number of urea groups is 1. The first-order chi connectivity index (χ1) is 7.29. The molecule has 4 heteroatoms. The minimum atomic E-state index is -0.00560. The quantitative estimate of drug-likeness (QED) is 0.713. The smallest absolute Gasteiger partial charge is 0.314 e. The minimum absolute atomic E-state index is 0.00560. The Labute approximate surface area is 91.4 Å². The maximum absolute atomic E-state index is 11.4. The van der Waals surface area contributed by atoms with Crippen LogP contribution in [0.15, 0.2) is 0 Å². The molecule has 0 aromatic rings. The first-order valence-corrected chi connectivity index (χ1v) is 6.08. The first-order valence-electron chi connectivity index (χ1n) is 6.08. The van der Waals surface area contributed by atoms with Gasteiger partial charge in [-0.3, -0.25) is 0 Å². The molecule has 0 saturated carbocycles. The highest BCUT2D eigenvalue weighted by Crippen LogP contribution is 2.26. The van der Waals surface area contributed by atoms with E-state index in [1.165, 1.54) is 19.4 Å². The topological polar surface area (TPSA) is 44.4 Å². The second-order valence-electron chi connectivity index (χ2n) is 4.56. The van der Waals surface area contributed by atoms with E-state index in [4.69, 9.17) is 0 Å². The van der Waals surface area contributed by atoms with Gasteiger partial charge in [-0.05, 0) is 39.2 Å². The van der Waals surface area contributed by atoms with Crippen LogP contribution >= 0.6 is 0 Å². The van der Waals surface area contributed by atoms with Crippen LogP contribution in [0.5, 0.6) is 0 Å². The summed E-state index contributed by atoms with van der Waals surface area (Å²) in [5.41, 5.74) is 0. The van der Waals surface area contributed by atoms with E-state index in [9.17, 15) is 4.79 Å². The van der Waals surface area contributed by atoms with Crippen molar-refractivity contribution in [1.29, 1.82) is 0 Å². The fraction of sp³-hybridized carbons (Fsp3) is 0.909. The molecule has 2 aliphatic heterocycles. The molecule has 2 aliphatic rings. The molecule has 2 unspecified atom stereocenters. The third-order valence-electron chi connectivity index (χ3n) is 3.49. The molecular weight excluding hydrogens is 190 g/mol. The molecule has 0 aliphatic carbocycles. The second kappa shape index (κ2) is 4.84. The Hall–Kier alpha value is -0.770. The molecule has 2 heterocycles. The summed E-state index contributed by atoms with van der Waals surface area (Å²) in [5.74, 6) is 0. The Morgan fingerprint density at radius 3 is 3.07 bits per heavy atom. The van der Waals surface area contributed by atoms with Crippen LogP contribution in [-0.2, 0) is 0 Å². The number of hydrogen-bond acceptors (Lipinski definition) is 2. The lowest BCUT2D eigenvalue weighted by molar-refractivity contribution is 0.166. The number of fused-ring (bicyclic) bond motifs is 1. The molecule has 0 bridgehead atoms. The molecule has 2 saturated heterocycles. The van der Waals surface area contributed by atoms with Crippen molar-refractivity contribution in [2.24, 2.45) is 0 Å². The summed E-state index contributed by atoms with van der Waals surface area (Å²) in [6.45, 7) is 5.06. The highest BCUT2D eigenvalue weighted by atomic mass is 16.2. The molecule has 0 aromatic carbocycles. The van der Waals surface area contributed by atoms with Gasteiger partial charge >= 0.3 is 6.03 Å². The summed E-state index contributed by atoms with van der Waals surface area (Å²) in [4.78, 5) is 13.9. The van der Waals surface area contributed by atoms with Crippen LogP contribution in [0.25, 0.3) is 0 Å². The predicted molar refractivity (Wildman–Crippen MR) is 59.8 cm³/mol. The number of hydrogen-bond donors (Lipinski definition) is 2. The van der Waals surface area contributed by atoms with Crippen molar-refractivity contribution in [2.75, 3.05) is 19.6 Å². The van der Waals surface area contributed by atoms with Crippen molar-refractivity contribution in [3.05, 3.63) is 0 Å². The standard InChI is InChI=1S/C11H21N3O/c1-2-12-11(15)13-9-5-7-14-6-3-4-10(14)8-9/h9-10H,2-8H2,1H3,(H2,12,13,15). The summed E-state index contributed by atoms with van der Waals surface area (Å²) >= 11 is 0. The fourth-order valence-corrected chi connectivity index (χ4v) is 2.75. The molecule has 86 valence electrons. The van der Waals surface area contributed by atoms with Crippen molar-refractivity contribution in [1.82, 2.24) is 15.5 Å². The SMILES string of the molecule is CCNC(=O)NC1CCN2CCCC2C1. The number of piperidine rings is 1. The van der Waals surface area contributed by atoms with Gasteiger partial charge in [0.15, 0.2) is 0 Å². The van der Waals surface area contributed by atoms with Crippen molar-refractivity contribution in [3.63, 3.8) is 0 Å². The zero-order valence-corrected chi connectivity index (χ0v) is 9.46. The summed E-state index contributed by atoms with van der Waals surface area (Å²) in [6, 6.07) is 1.11. The largest absolute Gasteiger partial charge is 0.338 e. The van der Waals surface area contributed by atoms with E-state index < -0.39 is 0 Å². The van der Waals surface area contributed by atoms with E-state index >= 15 is 0 Å². The van der Waals surface area contributed by atoms with Gasteiger partial charge in [-0.15, -0.1) is 0 Å². The number of carbonyl (C=O) groups is 1. The molecule has 2 rings (SSSR count). The van der Waals surface area contributed by atoms with Gasteiger partial charge in [0.25, 0.3) is 0 Å². The van der Waals surface area contributed by atoms with Gasteiger partial charge in [0.05, 0.1) is 0 Å². The van der Waals surface area contributed by atoms with Crippen molar-refractivity contribution in [3.8, 4) is 0 Å². The van der Waals surface area contributed by atoms with E-state index in [0.717, 1.165) is 25.4 Å². The molecule has 4 nitrogen and oxygen atoms in total. The zero-order valence-electron chi connectivity index (χ0n) is 9.46. The Balaban J connectivity index is 1.77. The maximum Gasteiger partial charge on any atom is 0.314 e. The second-order valence-corrected chi connectivity index (χ2v) is 4.56. The van der Waals surface area contributed by atoms with E-state index in [1.807, 2.05) is 6.92 Å². The third kappa shape index (κ3) is 2.62. The fourth-order valence-electron chi connectivity index (χ4n) is 2.75. The van der Waals surface area contributed by atoms with Gasteiger partial charge < -0.3 is 15.5 Å². The molecule has 15 heavy (non-hydrogen) atoms. The molecule has 2 amide bonds. The highest BCUT2D eigenvalue weighted by molar-refractivity contribution is 5.74. The lowest BCUT2D eigenvalue weighted by Crippen LogP contribution is -2.49. The normalized spacial score (nSPS) is 31.0. The van der Waals surface area contributed by atoms with E-state index in [2.05, 4.69) is 15.5 Å². The van der Waals surface area contributed by atoms with Crippen LogP contribution in [0.3, 0.4) is 0 Å². The summed E-state index contributed by atoms with van der Waals surface area (Å²) in [6.07, 6.45) is 4.89. The van der Waals surface area contributed by atoms with Crippen LogP contribution in [0.1, 0.15) is 32.6 Å². The Morgan fingerprint density at radius 2 is 2.27 bits per heavy atom. The summed E-state index contributed by atoms with van der Waals surface area (Å²) in [7, 11) is 0. The molecular formula is C11H21N3O. The van der Waals surface area contributed by atoms with E-state index in [1.54, 1.807) is 0 Å². The van der Waals surface area contributed by atoms with Crippen LogP contribution < -0.4 is 10.6 Å². The lowest BCUT2D eigenvalue weighted by atomic mass is 9.98. The Bertz CT molecular complexity index is 232.